The smallest absolute Gasteiger partial charge is 0.123 e. The van der Waals surface area contributed by atoms with Crippen molar-refractivity contribution in [2.75, 3.05) is 31.1 Å². The van der Waals surface area contributed by atoms with Gasteiger partial charge in [0.05, 0.1) is 0 Å². The van der Waals surface area contributed by atoms with Gasteiger partial charge in [-0.15, -0.1) is 0 Å². The molecular formula is C15H17FN4S. The maximum atomic E-state index is 12.9. The van der Waals surface area contributed by atoms with Crippen LogP contribution in [0.1, 0.15) is 6.92 Å². The van der Waals surface area contributed by atoms with E-state index in [4.69, 9.17) is 23.2 Å². The fourth-order valence-corrected chi connectivity index (χ4v) is 2.62. The monoisotopic (exact) mass is 304 g/mol. The zero-order valence-electron chi connectivity index (χ0n) is 11.8. The van der Waals surface area contributed by atoms with Gasteiger partial charge in [-0.05, 0) is 31.2 Å². The second-order valence-corrected chi connectivity index (χ2v) is 5.33. The fraction of sp³-hybridized carbons (Fsp3) is 0.333. The Labute approximate surface area is 129 Å². The highest BCUT2D eigenvalue weighted by molar-refractivity contribution is 7.80. The zero-order valence-corrected chi connectivity index (χ0v) is 12.7. The highest BCUT2D eigenvalue weighted by atomic mass is 32.1. The van der Waals surface area contributed by atoms with Crippen LogP contribution >= 0.6 is 12.2 Å². The minimum atomic E-state index is -0.230. The molecule has 2 N–H and O–H groups in total. The maximum absolute atomic E-state index is 12.9. The molecule has 2 rings (SSSR count). The molecule has 0 amide bonds. The van der Waals surface area contributed by atoms with Crippen molar-refractivity contribution in [2.45, 2.75) is 6.92 Å². The summed E-state index contributed by atoms with van der Waals surface area (Å²) >= 11 is 4.90. The van der Waals surface area contributed by atoms with Gasteiger partial charge in [0.2, 0.25) is 0 Å². The summed E-state index contributed by atoms with van der Waals surface area (Å²) < 4.78 is 12.9. The predicted molar refractivity (Wildman–Crippen MR) is 85.3 cm³/mol. The van der Waals surface area contributed by atoms with E-state index in [-0.39, 0.29) is 10.8 Å². The molecule has 0 bridgehead atoms. The van der Waals surface area contributed by atoms with E-state index in [2.05, 4.69) is 15.9 Å². The highest BCUT2D eigenvalue weighted by Gasteiger charge is 2.20. The van der Waals surface area contributed by atoms with Crippen molar-refractivity contribution in [3.63, 3.8) is 0 Å². The Kier molecular flexibility index (Phi) is 4.76. The van der Waals surface area contributed by atoms with Crippen molar-refractivity contribution in [3.05, 3.63) is 41.4 Å². The molecule has 4 nitrogen and oxygen atoms in total. The van der Waals surface area contributed by atoms with Crippen LogP contribution in [-0.2, 0) is 0 Å². The quantitative estimate of drug-likeness (QED) is 0.526. The number of nitrogens with zero attached hydrogens (tertiary/aromatic N) is 3. The molecule has 1 heterocycles. The van der Waals surface area contributed by atoms with Crippen LogP contribution in [0, 0.1) is 17.1 Å². The lowest BCUT2D eigenvalue weighted by atomic mass is 10.2. The number of nitrogens with two attached hydrogens (primary N) is 1. The van der Waals surface area contributed by atoms with Crippen LogP contribution in [0.5, 0.6) is 0 Å². The van der Waals surface area contributed by atoms with Crippen molar-refractivity contribution in [1.82, 2.24) is 4.90 Å². The molecule has 1 aliphatic heterocycles. The van der Waals surface area contributed by atoms with Crippen molar-refractivity contribution in [1.29, 1.82) is 5.26 Å². The predicted octanol–water partition coefficient (Wildman–Crippen LogP) is 2.03. The van der Waals surface area contributed by atoms with Crippen LogP contribution in [-0.4, -0.2) is 36.1 Å². The number of rotatable bonds is 3. The number of thiocarbonyl (C=S) groups is 1. The van der Waals surface area contributed by atoms with E-state index in [0.29, 0.717) is 5.57 Å². The van der Waals surface area contributed by atoms with Crippen molar-refractivity contribution >= 4 is 22.9 Å². The Hall–Kier alpha value is -2.13. The van der Waals surface area contributed by atoms with Crippen LogP contribution in [0.3, 0.4) is 0 Å². The summed E-state index contributed by atoms with van der Waals surface area (Å²) in [4.78, 5) is 4.43. The first-order valence-corrected chi connectivity index (χ1v) is 7.10. The van der Waals surface area contributed by atoms with E-state index in [1.807, 2.05) is 6.92 Å². The van der Waals surface area contributed by atoms with Gasteiger partial charge in [0.1, 0.15) is 22.4 Å². The van der Waals surface area contributed by atoms with Crippen LogP contribution < -0.4 is 10.6 Å². The Morgan fingerprint density at radius 3 is 2.29 bits per heavy atom. The molecular weight excluding hydrogens is 287 g/mol. The maximum Gasteiger partial charge on any atom is 0.123 e. The first-order chi connectivity index (χ1) is 10.0. The van der Waals surface area contributed by atoms with Gasteiger partial charge in [-0.1, -0.05) is 12.2 Å². The van der Waals surface area contributed by atoms with Gasteiger partial charge in [0.15, 0.2) is 0 Å². The highest BCUT2D eigenvalue weighted by Crippen LogP contribution is 2.19. The SMILES string of the molecule is C/C(=C(\C#N)C(N)=S)N1CCN(c2ccc(F)cc2)CC1. The molecule has 0 atom stereocenters. The summed E-state index contributed by atoms with van der Waals surface area (Å²) in [6.45, 7) is 5.03. The van der Waals surface area contributed by atoms with Crippen LogP contribution in [0.25, 0.3) is 0 Å². The molecule has 6 heteroatoms. The molecule has 0 spiro atoms. The van der Waals surface area contributed by atoms with Crippen LogP contribution in [0.2, 0.25) is 0 Å². The Morgan fingerprint density at radius 2 is 1.81 bits per heavy atom. The third-order valence-electron chi connectivity index (χ3n) is 3.67. The Morgan fingerprint density at radius 1 is 1.24 bits per heavy atom. The number of anilines is 1. The van der Waals surface area contributed by atoms with E-state index in [0.717, 1.165) is 37.6 Å². The molecule has 0 aliphatic carbocycles. The average molecular weight is 304 g/mol. The molecule has 1 aromatic carbocycles. The first kappa shape index (κ1) is 15.3. The fourth-order valence-electron chi connectivity index (χ4n) is 2.42. The van der Waals surface area contributed by atoms with Gasteiger partial charge in [0.25, 0.3) is 0 Å². The molecule has 0 radical (unpaired) electrons. The minimum absolute atomic E-state index is 0.135. The molecule has 1 saturated heterocycles. The second kappa shape index (κ2) is 6.55. The first-order valence-electron chi connectivity index (χ1n) is 6.69. The van der Waals surface area contributed by atoms with Gasteiger partial charge >= 0.3 is 0 Å². The van der Waals surface area contributed by atoms with E-state index < -0.39 is 0 Å². The topological polar surface area (TPSA) is 56.3 Å². The largest absolute Gasteiger partial charge is 0.389 e. The number of hydrogen-bond donors (Lipinski definition) is 1. The Bertz CT molecular complexity index is 595. The van der Waals surface area contributed by atoms with Gasteiger partial charge in [-0.3, -0.25) is 0 Å². The summed E-state index contributed by atoms with van der Waals surface area (Å²) in [6.07, 6.45) is 0. The van der Waals surface area contributed by atoms with E-state index >= 15 is 0 Å². The summed E-state index contributed by atoms with van der Waals surface area (Å²) in [5, 5.41) is 9.11. The lowest BCUT2D eigenvalue weighted by Gasteiger charge is -2.38. The van der Waals surface area contributed by atoms with Crippen molar-refractivity contribution in [2.24, 2.45) is 5.73 Å². The van der Waals surface area contributed by atoms with E-state index in [1.54, 1.807) is 12.1 Å². The number of hydrogen-bond acceptors (Lipinski definition) is 4. The van der Waals surface area contributed by atoms with E-state index in [9.17, 15) is 4.39 Å². The van der Waals surface area contributed by atoms with Gasteiger partial charge < -0.3 is 15.5 Å². The van der Waals surface area contributed by atoms with Gasteiger partial charge in [-0.25, -0.2) is 4.39 Å². The summed E-state index contributed by atoms with van der Waals surface area (Å²) in [6, 6.07) is 8.56. The number of halogens is 1. The molecule has 0 aromatic heterocycles. The molecule has 0 saturated carbocycles. The van der Waals surface area contributed by atoms with E-state index in [1.165, 1.54) is 12.1 Å². The van der Waals surface area contributed by atoms with Gasteiger partial charge in [0, 0.05) is 37.6 Å². The molecule has 1 aliphatic rings. The molecule has 21 heavy (non-hydrogen) atoms. The summed E-state index contributed by atoms with van der Waals surface area (Å²) in [5.41, 5.74) is 7.77. The Balaban J connectivity index is 2.05. The summed E-state index contributed by atoms with van der Waals surface area (Å²) in [5.74, 6) is -0.230. The van der Waals surface area contributed by atoms with Crippen molar-refractivity contribution in [3.8, 4) is 6.07 Å². The third kappa shape index (κ3) is 3.50. The number of piperazine rings is 1. The zero-order chi connectivity index (χ0) is 15.4. The van der Waals surface area contributed by atoms with Gasteiger partial charge in [-0.2, -0.15) is 5.26 Å². The van der Waals surface area contributed by atoms with Crippen molar-refractivity contribution < 1.29 is 4.39 Å². The van der Waals surface area contributed by atoms with Crippen LogP contribution in [0.15, 0.2) is 35.5 Å². The number of nitriles is 1. The van der Waals surface area contributed by atoms with Crippen LogP contribution in [0.4, 0.5) is 10.1 Å². The minimum Gasteiger partial charge on any atom is -0.389 e. The molecule has 1 aromatic rings. The number of benzene rings is 1. The lowest BCUT2D eigenvalue weighted by molar-refractivity contribution is 0.321. The molecule has 1 fully saturated rings. The normalized spacial score (nSPS) is 16.2. The third-order valence-corrected chi connectivity index (χ3v) is 3.87. The molecule has 0 unspecified atom stereocenters. The average Bonchev–Trinajstić information content (AvgIpc) is 2.48. The number of allylic oxidation sites excluding steroid dienone is 1. The molecule has 110 valence electrons. The lowest BCUT2D eigenvalue weighted by Crippen LogP contribution is -2.46. The second-order valence-electron chi connectivity index (χ2n) is 4.89. The standard InChI is InChI=1S/C15H17FN4S/c1-11(14(10-17)15(18)21)19-6-8-20(9-7-19)13-4-2-12(16)3-5-13/h2-5H,6-9H2,1H3,(H2,18,21)/b14-11-. The summed E-state index contributed by atoms with van der Waals surface area (Å²) in [7, 11) is 0.